The molecule has 0 aliphatic rings. The standard InChI is InChI=1S/C19H19N5OS2/c1-13-5-6-17(14(2)10-13)18-20-15(11-25-18)12-27-19-21-22-23-24(19)8-7-16-4-3-9-26-16/h3-6,9-11H,7-8,12H2,1-2H3. The second-order valence-electron chi connectivity index (χ2n) is 6.27. The largest absolute Gasteiger partial charge is 0.444 e. The third kappa shape index (κ3) is 4.28. The highest BCUT2D eigenvalue weighted by Crippen LogP contribution is 2.26. The maximum atomic E-state index is 5.69. The Morgan fingerprint density at radius 2 is 2.15 bits per heavy atom. The van der Waals surface area contributed by atoms with Gasteiger partial charge >= 0.3 is 0 Å². The number of thiophene rings is 1. The van der Waals surface area contributed by atoms with E-state index in [1.54, 1.807) is 29.4 Å². The number of aryl methyl sites for hydroxylation is 4. The summed E-state index contributed by atoms with van der Waals surface area (Å²) in [4.78, 5) is 5.95. The second kappa shape index (κ2) is 8.06. The number of hydrogen-bond acceptors (Lipinski definition) is 7. The van der Waals surface area contributed by atoms with Gasteiger partial charge in [0.15, 0.2) is 0 Å². The van der Waals surface area contributed by atoms with E-state index in [-0.39, 0.29) is 0 Å². The van der Waals surface area contributed by atoms with Crippen LogP contribution in [0.5, 0.6) is 0 Å². The van der Waals surface area contributed by atoms with E-state index in [0.717, 1.165) is 34.9 Å². The summed E-state index contributed by atoms with van der Waals surface area (Å²) in [5, 5.41) is 14.9. The lowest BCUT2D eigenvalue weighted by molar-refractivity contribution is 0.550. The average molecular weight is 398 g/mol. The van der Waals surface area contributed by atoms with Gasteiger partial charge in [0.2, 0.25) is 11.0 Å². The first kappa shape index (κ1) is 17.9. The van der Waals surface area contributed by atoms with Crippen molar-refractivity contribution in [1.29, 1.82) is 0 Å². The Kier molecular flexibility index (Phi) is 5.35. The van der Waals surface area contributed by atoms with Crippen LogP contribution < -0.4 is 0 Å². The van der Waals surface area contributed by atoms with Crippen molar-refractivity contribution in [3.8, 4) is 11.5 Å². The predicted octanol–water partition coefficient (Wildman–Crippen LogP) is 4.54. The number of aromatic nitrogens is 5. The first-order valence-electron chi connectivity index (χ1n) is 8.62. The van der Waals surface area contributed by atoms with Crippen LogP contribution in [0.15, 0.2) is 51.5 Å². The fourth-order valence-electron chi connectivity index (χ4n) is 2.80. The molecule has 0 aliphatic carbocycles. The molecule has 0 bridgehead atoms. The number of nitrogens with zero attached hydrogens (tertiary/aromatic N) is 5. The Balaban J connectivity index is 1.40. The minimum Gasteiger partial charge on any atom is -0.444 e. The lowest BCUT2D eigenvalue weighted by Gasteiger charge is -2.03. The highest BCUT2D eigenvalue weighted by Gasteiger charge is 2.12. The smallest absolute Gasteiger partial charge is 0.226 e. The van der Waals surface area contributed by atoms with Crippen molar-refractivity contribution >= 4 is 23.1 Å². The van der Waals surface area contributed by atoms with Crippen LogP contribution >= 0.6 is 23.1 Å². The molecule has 0 saturated heterocycles. The van der Waals surface area contributed by atoms with E-state index < -0.39 is 0 Å². The van der Waals surface area contributed by atoms with Crippen LogP contribution in [0.2, 0.25) is 0 Å². The number of hydrogen-bond donors (Lipinski definition) is 0. The molecule has 0 N–H and O–H groups in total. The molecular formula is C19H19N5OS2. The van der Waals surface area contributed by atoms with Gasteiger partial charge in [0.05, 0.1) is 12.2 Å². The quantitative estimate of drug-likeness (QED) is 0.426. The molecule has 0 unspecified atom stereocenters. The molecule has 0 atom stereocenters. The van der Waals surface area contributed by atoms with Gasteiger partial charge in [-0.15, -0.1) is 16.4 Å². The Morgan fingerprint density at radius 3 is 2.96 bits per heavy atom. The Bertz CT molecular complexity index is 1020. The SMILES string of the molecule is Cc1ccc(-c2nc(CSc3nnnn3CCc3cccs3)co2)c(C)c1. The van der Waals surface area contributed by atoms with E-state index in [1.807, 2.05) is 4.68 Å². The van der Waals surface area contributed by atoms with E-state index in [1.165, 1.54) is 10.4 Å². The van der Waals surface area contributed by atoms with Gasteiger partial charge in [0.25, 0.3) is 0 Å². The molecular weight excluding hydrogens is 378 g/mol. The molecule has 4 rings (SSSR count). The minimum absolute atomic E-state index is 0.653. The number of tetrazole rings is 1. The summed E-state index contributed by atoms with van der Waals surface area (Å²) in [5.41, 5.74) is 4.29. The van der Waals surface area contributed by atoms with Crippen LogP contribution in [0, 0.1) is 13.8 Å². The summed E-state index contributed by atoms with van der Waals surface area (Å²) < 4.78 is 7.53. The number of rotatable bonds is 7. The fraction of sp³-hybridized carbons (Fsp3) is 0.263. The lowest BCUT2D eigenvalue weighted by Crippen LogP contribution is -2.04. The fourth-order valence-corrected chi connectivity index (χ4v) is 4.28. The highest BCUT2D eigenvalue weighted by molar-refractivity contribution is 7.98. The van der Waals surface area contributed by atoms with Gasteiger partial charge in [-0.2, -0.15) is 0 Å². The Morgan fingerprint density at radius 1 is 1.22 bits per heavy atom. The molecule has 0 saturated carbocycles. The summed E-state index contributed by atoms with van der Waals surface area (Å²) in [5.74, 6) is 1.31. The van der Waals surface area contributed by atoms with Crippen molar-refractivity contribution in [3.05, 3.63) is 63.7 Å². The van der Waals surface area contributed by atoms with Gasteiger partial charge in [0.1, 0.15) is 6.26 Å². The van der Waals surface area contributed by atoms with E-state index in [2.05, 4.69) is 70.1 Å². The molecule has 0 fully saturated rings. The van der Waals surface area contributed by atoms with Crippen LogP contribution in [0.3, 0.4) is 0 Å². The van der Waals surface area contributed by atoms with Gasteiger partial charge in [0, 0.05) is 22.6 Å². The van der Waals surface area contributed by atoms with E-state index >= 15 is 0 Å². The third-order valence-electron chi connectivity index (χ3n) is 4.16. The topological polar surface area (TPSA) is 69.6 Å². The molecule has 0 aliphatic heterocycles. The third-order valence-corrected chi connectivity index (χ3v) is 6.09. The maximum Gasteiger partial charge on any atom is 0.226 e. The first-order valence-corrected chi connectivity index (χ1v) is 10.5. The molecule has 6 nitrogen and oxygen atoms in total. The number of benzene rings is 1. The van der Waals surface area contributed by atoms with Gasteiger partial charge in [-0.25, -0.2) is 9.67 Å². The highest BCUT2D eigenvalue weighted by atomic mass is 32.2. The Labute approximate surface area is 165 Å². The zero-order chi connectivity index (χ0) is 18.6. The summed E-state index contributed by atoms with van der Waals surface area (Å²) in [6, 6.07) is 10.5. The van der Waals surface area contributed by atoms with E-state index in [4.69, 9.17) is 4.42 Å². The van der Waals surface area contributed by atoms with Crippen molar-refractivity contribution in [2.45, 2.75) is 37.7 Å². The molecule has 4 aromatic rings. The van der Waals surface area contributed by atoms with Crippen molar-refractivity contribution in [3.63, 3.8) is 0 Å². The number of oxazole rings is 1. The zero-order valence-corrected chi connectivity index (χ0v) is 16.8. The molecule has 0 amide bonds. The summed E-state index contributed by atoms with van der Waals surface area (Å²) >= 11 is 3.32. The van der Waals surface area contributed by atoms with Crippen LogP contribution in [-0.2, 0) is 18.7 Å². The molecule has 8 heteroatoms. The molecule has 3 heterocycles. The lowest BCUT2D eigenvalue weighted by atomic mass is 10.1. The van der Waals surface area contributed by atoms with Crippen LogP contribution in [0.4, 0.5) is 0 Å². The van der Waals surface area contributed by atoms with Crippen molar-refractivity contribution in [2.75, 3.05) is 0 Å². The van der Waals surface area contributed by atoms with Gasteiger partial charge in [-0.1, -0.05) is 35.5 Å². The zero-order valence-electron chi connectivity index (χ0n) is 15.1. The minimum atomic E-state index is 0.653. The summed E-state index contributed by atoms with van der Waals surface area (Å²) in [7, 11) is 0. The van der Waals surface area contributed by atoms with Crippen LogP contribution in [0.25, 0.3) is 11.5 Å². The predicted molar refractivity (Wildman–Crippen MR) is 107 cm³/mol. The Hall–Kier alpha value is -2.45. The van der Waals surface area contributed by atoms with Crippen LogP contribution in [-0.4, -0.2) is 25.2 Å². The van der Waals surface area contributed by atoms with Gasteiger partial charge in [-0.3, -0.25) is 0 Å². The average Bonchev–Trinajstić information content (AvgIpc) is 3.40. The van der Waals surface area contributed by atoms with Gasteiger partial charge < -0.3 is 4.42 Å². The first-order chi connectivity index (χ1) is 13.2. The molecule has 27 heavy (non-hydrogen) atoms. The summed E-state index contributed by atoms with van der Waals surface area (Å²) in [6.07, 6.45) is 2.64. The van der Waals surface area contributed by atoms with Crippen molar-refractivity contribution < 1.29 is 4.42 Å². The molecule has 0 spiro atoms. The molecule has 0 radical (unpaired) electrons. The maximum absolute atomic E-state index is 5.69. The molecule has 1 aromatic carbocycles. The summed E-state index contributed by atoms with van der Waals surface area (Å²) in [6.45, 7) is 4.92. The van der Waals surface area contributed by atoms with Crippen molar-refractivity contribution in [1.82, 2.24) is 25.2 Å². The van der Waals surface area contributed by atoms with Crippen LogP contribution in [0.1, 0.15) is 21.7 Å². The van der Waals surface area contributed by atoms with Gasteiger partial charge in [-0.05, 0) is 47.4 Å². The van der Waals surface area contributed by atoms with E-state index in [9.17, 15) is 0 Å². The molecule has 138 valence electrons. The van der Waals surface area contributed by atoms with Crippen molar-refractivity contribution in [2.24, 2.45) is 0 Å². The molecule has 3 aromatic heterocycles. The normalized spacial score (nSPS) is 11.2. The number of thioether (sulfide) groups is 1. The second-order valence-corrected chi connectivity index (χ2v) is 8.24. The van der Waals surface area contributed by atoms with E-state index in [0.29, 0.717) is 11.6 Å². The monoisotopic (exact) mass is 397 g/mol.